The summed E-state index contributed by atoms with van der Waals surface area (Å²) in [5.41, 5.74) is 3.66. The lowest BCUT2D eigenvalue weighted by Gasteiger charge is -2.72. The van der Waals surface area contributed by atoms with Crippen LogP contribution in [0.25, 0.3) is 0 Å². The molecule has 0 spiro atoms. The topological polar surface area (TPSA) is 58.6 Å². The average Bonchev–Trinajstić information content (AvgIpc) is 3.20. The number of likely N-dealkylation sites (tertiary alicyclic amines) is 1. The zero-order valence-electron chi connectivity index (χ0n) is 29.0. The Morgan fingerprint density at radius 2 is 1.67 bits per heavy atom. The van der Waals surface area contributed by atoms with Crippen LogP contribution in [0.4, 0.5) is 4.79 Å². The molecule has 0 radical (unpaired) electrons. The Bertz CT molecular complexity index is 1170. The Morgan fingerprint density at radius 1 is 0.930 bits per heavy atom. The molecule has 5 aliphatic carbocycles. The lowest BCUT2D eigenvalue weighted by atomic mass is 9.33. The lowest BCUT2D eigenvalue weighted by Crippen LogP contribution is -2.66. The molecule has 1 N–H and O–H groups in total. The highest BCUT2D eigenvalue weighted by molar-refractivity contribution is 6.00. The molecule has 0 aromatic heterocycles. The van der Waals surface area contributed by atoms with Gasteiger partial charge in [-0.15, -0.1) is 0 Å². The number of amides is 1. The van der Waals surface area contributed by atoms with Crippen molar-refractivity contribution >= 4 is 11.9 Å². The van der Waals surface area contributed by atoms with Gasteiger partial charge in [0, 0.05) is 24.9 Å². The monoisotopic (exact) mass is 594 g/mol. The summed E-state index contributed by atoms with van der Waals surface area (Å²) < 4.78 is 5.83. The zero-order chi connectivity index (χ0) is 31.2. The minimum absolute atomic E-state index is 0.0203. The van der Waals surface area contributed by atoms with E-state index >= 15 is 0 Å². The first kappa shape index (κ1) is 31.6. The van der Waals surface area contributed by atoms with Crippen LogP contribution >= 0.6 is 0 Å². The first-order chi connectivity index (χ1) is 20.1. The van der Waals surface area contributed by atoms with Crippen LogP contribution in [0.3, 0.4) is 0 Å². The van der Waals surface area contributed by atoms with Gasteiger partial charge in [0.2, 0.25) is 0 Å². The van der Waals surface area contributed by atoms with Crippen molar-refractivity contribution in [3.63, 3.8) is 0 Å². The number of hydrogen-bond donors (Lipinski definition) is 1. The molecular weight excluding hydrogens is 532 g/mol. The van der Waals surface area contributed by atoms with Crippen molar-refractivity contribution < 1.29 is 14.3 Å². The van der Waals surface area contributed by atoms with E-state index in [1.165, 1.54) is 50.5 Å². The number of piperidine rings is 1. The van der Waals surface area contributed by atoms with Crippen molar-refractivity contribution in [3.8, 4) is 0 Å². The van der Waals surface area contributed by atoms with Gasteiger partial charge in [-0.3, -0.25) is 4.79 Å². The van der Waals surface area contributed by atoms with Crippen LogP contribution < -0.4 is 5.32 Å². The molecule has 6 aliphatic rings. The molecule has 0 aromatic carbocycles. The lowest BCUT2D eigenvalue weighted by molar-refractivity contribution is -0.215. The van der Waals surface area contributed by atoms with Gasteiger partial charge in [0.25, 0.3) is 0 Å². The van der Waals surface area contributed by atoms with Crippen molar-refractivity contribution in [2.75, 3.05) is 26.7 Å². The van der Waals surface area contributed by atoms with Crippen LogP contribution in [-0.4, -0.2) is 49.6 Å². The molecule has 1 aliphatic heterocycles. The molecule has 5 nitrogen and oxygen atoms in total. The SMILES string of the molecule is CC(C)C1=C2[C@H]3CC[C@@H]4[C@@]5(C)CCC(NC(=O)OCC6CCCN(C)C6)C(C)(C)[C@@H]5CC[C@@]4(C)[C@]3(C)CC[C@@]2(C)CC1=O. The van der Waals surface area contributed by atoms with Crippen LogP contribution in [0.5, 0.6) is 0 Å². The molecule has 1 amide bonds. The maximum absolute atomic E-state index is 13.4. The molecule has 1 heterocycles. The number of ether oxygens (including phenoxy) is 1. The molecular formula is C38H62N2O3. The van der Waals surface area contributed by atoms with Crippen LogP contribution in [-0.2, 0) is 9.53 Å². The number of rotatable bonds is 4. The van der Waals surface area contributed by atoms with E-state index in [1.54, 1.807) is 5.57 Å². The highest BCUT2D eigenvalue weighted by Gasteiger charge is 2.69. The van der Waals surface area contributed by atoms with Gasteiger partial charge in [0.1, 0.15) is 0 Å². The van der Waals surface area contributed by atoms with Crippen LogP contribution in [0, 0.1) is 56.7 Å². The Balaban J connectivity index is 1.21. The van der Waals surface area contributed by atoms with Gasteiger partial charge >= 0.3 is 6.09 Å². The van der Waals surface area contributed by atoms with Gasteiger partial charge in [-0.1, -0.05) is 61.0 Å². The molecule has 43 heavy (non-hydrogen) atoms. The average molecular weight is 595 g/mol. The van der Waals surface area contributed by atoms with Crippen molar-refractivity contribution in [3.05, 3.63) is 11.1 Å². The predicted octanol–water partition coefficient (Wildman–Crippen LogP) is 8.42. The molecule has 9 atom stereocenters. The summed E-state index contributed by atoms with van der Waals surface area (Å²) in [7, 11) is 2.16. The number of nitrogens with zero attached hydrogens (tertiary/aromatic N) is 1. The van der Waals surface area contributed by atoms with E-state index in [2.05, 4.69) is 72.7 Å². The molecule has 6 rings (SSSR count). The van der Waals surface area contributed by atoms with Gasteiger partial charge in [-0.05, 0) is 134 Å². The molecule has 1 saturated heterocycles. The van der Waals surface area contributed by atoms with Gasteiger partial charge < -0.3 is 15.0 Å². The third-order valence-electron chi connectivity index (χ3n) is 15.3. The largest absolute Gasteiger partial charge is 0.449 e. The van der Waals surface area contributed by atoms with Crippen molar-refractivity contribution in [2.45, 2.75) is 132 Å². The van der Waals surface area contributed by atoms with E-state index in [-0.39, 0.29) is 39.2 Å². The number of nitrogens with one attached hydrogen (secondary N) is 1. The van der Waals surface area contributed by atoms with Crippen LogP contribution in [0.2, 0.25) is 0 Å². The predicted molar refractivity (Wildman–Crippen MR) is 174 cm³/mol. The fraction of sp³-hybridized carbons (Fsp3) is 0.895. The summed E-state index contributed by atoms with van der Waals surface area (Å²) in [6, 6.07) is 0.155. The summed E-state index contributed by atoms with van der Waals surface area (Å²) in [4.78, 5) is 28.8. The maximum Gasteiger partial charge on any atom is 0.407 e. The fourth-order valence-electron chi connectivity index (χ4n) is 12.9. The Labute approximate surface area is 262 Å². The first-order valence-electron chi connectivity index (χ1n) is 18.0. The van der Waals surface area contributed by atoms with Crippen LogP contribution in [0.15, 0.2) is 11.1 Å². The van der Waals surface area contributed by atoms with Gasteiger partial charge in [0.05, 0.1) is 6.61 Å². The molecule has 5 heteroatoms. The molecule has 0 aromatic rings. The van der Waals surface area contributed by atoms with E-state index in [4.69, 9.17) is 4.74 Å². The maximum atomic E-state index is 13.4. The Morgan fingerprint density at radius 3 is 2.37 bits per heavy atom. The van der Waals surface area contributed by atoms with E-state index < -0.39 is 0 Å². The van der Waals surface area contributed by atoms with E-state index in [9.17, 15) is 9.59 Å². The fourth-order valence-corrected chi connectivity index (χ4v) is 12.9. The first-order valence-corrected chi connectivity index (χ1v) is 18.0. The second-order valence-corrected chi connectivity index (χ2v) is 18.2. The third-order valence-corrected chi connectivity index (χ3v) is 15.3. The zero-order valence-corrected chi connectivity index (χ0v) is 29.0. The quantitative estimate of drug-likeness (QED) is 0.355. The number of ketones is 1. The minimum Gasteiger partial charge on any atom is -0.449 e. The summed E-state index contributed by atoms with van der Waals surface area (Å²) in [5.74, 6) is 3.02. The molecule has 0 bridgehead atoms. The van der Waals surface area contributed by atoms with E-state index in [1.807, 2.05) is 0 Å². The molecule has 4 saturated carbocycles. The van der Waals surface area contributed by atoms with Crippen molar-refractivity contribution in [1.82, 2.24) is 10.2 Å². The van der Waals surface area contributed by atoms with Gasteiger partial charge in [-0.25, -0.2) is 4.79 Å². The highest BCUT2D eigenvalue weighted by atomic mass is 16.5. The number of carbonyl (C=O) groups excluding carboxylic acids is 2. The molecule has 2 unspecified atom stereocenters. The number of hydrogen-bond acceptors (Lipinski definition) is 4. The highest BCUT2D eigenvalue weighted by Crippen LogP contribution is 2.76. The second-order valence-electron chi connectivity index (χ2n) is 18.2. The standard InChI is InChI=1S/C38H62N2O3/c1-24(2)31-27(41)21-35(5)18-19-37(7)26(32(31)35)12-13-29-36(6)16-15-30(34(3,4)28(36)14-17-38(29,37)8)39-33(42)43-23-25-11-10-20-40(9)22-25/h24-26,28-30H,10-23H2,1-9H3,(H,39,42)/t25?,26-,28+,29-,30?,35+,36+,37-,38-/m1/s1. The Kier molecular flexibility index (Phi) is 7.79. The third kappa shape index (κ3) is 4.70. The normalized spacial score (nSPS) is 46.1. The van der Waals surface area contributed by atoms with E-state index in [0.29, 0.717) is 42.0 Å². The summed E-state index contributed by atoms with van der Waals surface area (Å²) in [6.45, 7) is 22.4. The van der Waals surface area contributed by atoms with Gasteiger partial charge in [-0.2, -0.15) is 0 Å². The van der Waals surface area contributed by atoms with Crippen LogP contribution in [0.1, 0.15) is 126 Å². The Hall–Kier alpha value is -1.36. The number of carbonyl (C=O) groups is 2. The molecule has 5 fully saturated rings. The minimum atomic E-state index is -0.214. The van der Waals surface area contributed by atoms with Gasteiger partial charge in [0.15, 0.2) is 5.78 Å². The number of alkyl carbamates (subject to hydrolysis) is 1. The second kappa shape index (κ2) is 10.6. The number of allylic oxidation sites excluding steroid dienone is 2. The molecule has 242 valence electrons. The smallest absolute Gasteiger partial charge is 0.407 e. The summed E-state index contributed by atoms with van der Waals surface area (Å²) >= 11 is 0. The number of Topliss-reactive ketones (excluding diaryl/α,β-unsaturated/α-hetero) is 1. The van der Waals surface area contributed by atoms with Crippen molar-refractivity contribution in [1.29, 1.82) is 0 Å². The summed E-state index contributed by atoms with van der Waals surface area (Å²) in [5, 5.41) is 3.38. The van der Waals surface area contributed by atoms with Crippen molar-refractivity contribution in [2.24, 2.45) is 56.7 Å². The van der Waals surface area contributed by atoms with E-state index in [0.717, 1.165) is 38.8 Å². The number of fused-ring (bicyclic) bond motifs is 7. The summed E-state index contributed by atoms with van der Waals surface area (Å²) in [6.07, 6.45) is 12.5.